The van der Waals surface area contributed by atoms with E-state index in [4.69, 9.17) is 16.7 Å². The fraction of sp³-hybridized carbons (Fsp3) is 0.100. The number of hydrogen-bond donors (Lipinski definition) is 1. The second kappa shape index (κ2) is 3.03. The van der Waals surface area contributed by atoms with E-state index in [-0.39, 0.29) is 5.69 Å². The summed E-state index contributed by atoms with van der Waals surface area (Å²) in [7, 11) is 0. The summed E-state index contributed by atoms with van der Waals surface area (Å²) in [6, 6.07) is 5.39. The van der Waals surface area contributed by atoms with Crippen molar-refractivity contribution >= 4 is 23.1 Å². The molecule has 2 heterocycles. The summed E-state index contributed by atoms with van der Waals surface area (Å²) in [5.41, 5.74) is 1.56. The topological polar surface area (TPSA) is 41.7 Å². The predicted molar refractivity (Wildman–Crippen MR) is 54.1 cm³/mol. The Balaban J connectivity index is 2.95. The first-order valence-electron chi connectivity index (χ1n) is 4.11. The van der Waals surface area contributed by atoms with Gasteiger partial charge in [0.2, 0.25) is 0 Å². The van der Waals surface area contributed by atoms with Crippen molar-refractivity contribution in [3.8, 4) is 0 Å². The minimum atomic E-state index is -0.962. The Bertz CT molecular complexity index is 516. The second-order valence-corrected chi connectivity index (χ2v) is 3.43. The van der Waals surface area contributed by atoms with Crippen LogP contribution in [0, 0.1) is 6.92 Å². The summed E-state index contributed by atoms with van der Waals surface area (Å²) in [5, 5.41) is 9.50. The van der Waals surface area contributed by atoms with Gasteiger partial charge in [-0.15, -0.1) is 0 Å². The first-order valence-corrected chi connectivity index (χ1v) is 4.49. The van der Waals surface area contributed by atoms with Gasteiger partial charge in [0.25, 0.3) is 0 Å². The molecule has 0 aliphatic heterocycles. The zero-order valence-corrected chi connectivity index (χ0v) is 8.25. The number of halogens is 1. The van der Waals surface area contributed by atoms with Gasteiger partial charge in [0, 0.05) is 11.8 Å². The van der Waals surface area contributed by atoms with Crippen LogP contribution < -0.4 is 0 Å². The van der Waals surface area contributed by atoms with Gasteiger partial charge in [0.15, 0.2) is 0 Å². The highest BCUT2D eigenvalue weighted by molar-refractivity contribution is 6.35. The van der Waals surface area contributed by atoms with Gasteiger partial charge < -0.3 is 9.51 Å². The van der Waals surface area contributed by atoms with Gasteiger partial charge in [-0.1, -0.05) is 17.7 Å². The van der Waals surface area contributed by atoms with Crippen molar-refractivity contribution in [1.29, 1.82) is 0 Å². The fourth-order valence-corrected chi connectivity index (χ4v) is 1.80. The van der Waals surface area contributed by atoms with Crippen molar-refractivity contribution in [2.45, 2.75) is 6.92 Å². The molecule has 14 heavy (non-hydrogen) atoms. The number of hydrogen-bond acceptors (Lipinski definition) is 1. The number of aromatic nitrogens is 1. The summed E-state index contributed by atoms with van der Waals surface area (Å²) in [5.74, 6) is -0.962. The molecule has 2 rings (SSSR count). The number of aromatic carboxylic acids is 1. The predicted octanol–water partition coefficient (Wildman–Crippen LogP) is 2.60. The molecule has 0 aliphatic carbocycles. The van der Waals surface area contributed by atoms with Gasteiger partial charge in [-0.05, 0) is 19.1 Å². The van der Waals surface area contributed by atoms with Gasteiger partial charge in [-0.2, -0.15) is 0 Å². The third-order valence-electron chi connectivity index (χ3n) is 2.21. The molecule has 0 aromatic carbocycles. The number of carbonyl (C=O) groups is 1. The summed E-state index contributed by atoms with van der Waals surface area (Å²) in [4.78, 5) is 11.0. The smallest absolute Gasteiger partial charge is 0.353 e. The van der Waals surface area contributed by atoms with E-state index in [0.29, 0.717) is 10.6 Å². The zero-order valence-electron chi connectivity index (χ0n) is 7.49. The lowest BCUT2D eigenvalue weighted by atomic mass is 10.2. The molecule has 72 valence electrons. The Hall–Kier alpha value is -1.48. The van der Waals surface area contributed by atoms with E-state index in [0.717, 1.165) is 5.52 Å². The van der Waals surface area contributed by atoms with E-state index in [9.17, 15) is 4.79 Å². The molecular formula is C10H8ClNO2. The Morgan fingerprint density at radius 1 is 1.50 bits per heavy atom. The second-order valence-electron chi connectivity index (χ2n) is 3.05. The normalized spacial score (nSPS) is 10.7. The Labute approximate surface area is 85.5 Å². The Morgan fingerprint density at radius 3 is 2.86 bits per heavy atom. The molecule has 3 nitrogen and oxygen atoms in total. The van der Waals surface area contributed by atoms with Crippen molar-refractivity contribution in [1.82, 2.24) is 4.40 Å². The molecule has 0 atom stereocenters. The summed E-state index contributed by atoms with van der Waals surface area (Å²) in [6.45, 7) is 1.71. The zero-order chi connectivity index (χ0) is 10.3. The lowest BCUT2D eigenvalue weighted by molar-refractivity contribution is 0.0688. The van der Waals surface area contributed by atoms with Crippen molar-refractivity contribution < 1.29 is 9.90 Å². The molecule has 0 saturated heterocycles. The number of carboxylic acids is 1. The molecule has 2 aromatic rings. The number of carboxylic acid groups (broad SMARTS) is 1. The lowest BCUT2D eigenvalue weighted by Crippen LogP contribution is -2.02. The van der Waals surface area contributed by atoms with Crippen LogP contribution in [0.1, 0.15) is 16.1 Å². The van der Waals surface area contributed by atoms with Crippen LogP contribution in [0.4, 0.5) is 0 Å². The number of rotatable bonds is 1. The van der Waals surface area contributed by atoms with E-state index in [2.05, 4.69) is 0 Å². The summed E-state index contributed by atoms with van der Waals surface area (Å²) >= 11 is 6.01. The molecule has 0 fully saturated rings. The highest BCUT2D eigenvalue weighted by atomic mass is 35.5. The third-order valence-corrected chi connectivity index (χ3v) is 2.69. The van der Waals surface area contributed by atoms with Gasteiger partial charge in [0.1, 0.15) is 5.69 Å². The SMILES string of the molecule is Cc1c(Cl)c2ccccn2c1C(=O)O. The van der Waals surface area contributed by atoms with Gasteiger partial charge in [-0.25, -0.2) is 4.79 Å². The van der Waals surface area contributed by atoms with E-state index in [1.165, 1.54) is 0 Å². The van der Waals surface area contributed by atoms with E-state index < -0.39 is 5.97 Å². The van der Waals surface area contributed by atoms with E-state index in [1.807, 2.05) is 6.07 Å². The molecule has 0 spiro atoms. The molecule has 0 unspecified atom stereocenters. The van der Waals surface area contributed by atoms with Crippen LogP contribution in [0.2, 0.25) is 5.02 Å². The first kappa shape index (κ1) is 9.09. The lowest BCUT2D eigenvalue weighted by Gasteiger charge is -1.96. The van der Waals surface area contributed by atoms with Gasteiger partial charge in [0.05, 0.1) is 10.5 Å². The molecule has 0 aliphatic rings. The molecule has 1 N–H and O–H groups in total. The molecule has 0 radical (unpaired) electrons. The van der Waals surface area contributed by atoms with Crippen LogP contribution in [0.5, 0.6) is 0 Å². The minimum Gasteiger partial charge on any atom is -0.477 e. The maximum absolute atomic E-state index is 11.0. The number of nitrogens with zero attached hydrogens (tertiary/aromatic N) is 1. The Kier molecular flexibility index (Phi) is 1.97. The van der Waals surface area contributed by atoms with Crippen molar-refractivity contribution in [2.24, 2.45) is 0 Å². The average Bonchev–Trinajstić information content (AvgIpc) is 2.41. The fourth-order valence-electron chi connectivity index (χ4n) is 1.56. The summed E-state index contributed by atoms with van der Waals surface area (Å²) in [6.07, 6.45) is 1.69. The molecule has 4 heteroatoms. The molecule has 0 bridgehead atoms. The Morgan fingerprint density at radius 2 is 2.21 bits per heavy atom. The standard InChI is InChI=1S/C10H8ClNO2/c1-6-8(11)7-4-2-3-5-12(7)9(6)10(13)14/h2-5H,1H3,(H,13,14). The minimum absolute atomic E-state index is 0.227. The summed E-state index contributed by atoms with van der Waals surface area (Å²) < 4.78 is 1.58. The van der Waals surface area contributed by atoms with Gasteiger partial charge in [-0.3, -0.25) is 0 Å². The monoisotopic (exact) mass is 209 g/mol. The number of fused-ring (bicyclic) bond motifs is 1. The first-order chi connectivity index (χ1) is 6.63. The van der Waals surface area contributed by atoms with Gasteiger partial charge >= 0.3 is 5.97 Å². The maximum Gasteiger partial charge on any atom is 0.353 e. The third kappa shape index (κ3) is 1.09. The van der Waals surface area contributed by atoms with Crippen LogP contribution in [-0.4, -0.2) is 15.5 Å². The van der Waals surface area contributed by atoms with Crippen LogP contribution in [-0.2, 0) is 0 Å². The molecule has 2 aromatic heterocycles. The van der Waals surface area contributed by atoms with Crippen LogP contribution in [0.25, 0.3) is 5.52 Å². The van der Waals surface area contributed by atoms with Crippen LogP contribution in [0.15, 0.2) is 24.4 Å². The average molecular weight is 210 g/mol. The van der Waals surface area contributed by atoms with Crippen LogP contribution >= 0.6 is 11.6 Å². The quantitative estimate of drug-likeness (QED) is 0.785. The van der Waals surface area contributed by atoms with Crippen LogP contribution in [0.3, 0.4) is 0 Å². The van der Waals surface area contributed by atoms with Crippen molar-refractivity contribution in [3.05, 3.63) is 40.7 Å². The highest BCUT2D eigenvalue weighted by Crippen LogP contribution is 2.27. The molecule has 0 saturated carbocycles. The molecule has 0 amide bonds. The van der Waals surface area contributed by atoms with E-state index in [1.54, 1.807) is 29.7 Å². The maximum atomic E-state index is 11.0. The highest BCUT2D eigenvalue weighted by Gasteiger charge is 2.17. The van der Waals surface area contributed by atoms with E-state index >= 15 is 0 Å². The molecular weight excluding hydrogens is 202 g/mol. The van der Waals surface area contributed by atoms with Crippen molar-refractivity contribution in [3.63, 3.8) is 0 Å². The van der Waals surface area contributed by atoms with Crippen molar-refractivity contribution in [2.75, 3.05) is 0 Å². The largest absolute Gasteiger partial charge is 0.477 e. The number of pyridine rings is 1.